The van der Waals surface area contributed by atoms with E-state index in [1.807, 2.05) is 12.4 Å². The topological polar surface area (TPSA) is 48.9 Å². The highest BCUT2D eigenvalue weighted by Gasteiger charge is 2.35. The van der Waals surface area contributed by atoms with Crippen LogP contribution in [0.15, 0.2) is 11.6 Å². The van der Waals surface area contributed by atoms with E-state index in [1.54, 1.807) is 29.5 Å². The van der Waals surface area contributed by atoms with Crippen LogP contribution < -0.4 is 0 Å². The Morgan fingerprint density at radius 1 is 1.54 bits per heavy atom. The first-order valence-electron chi connectivity index (χ1n) is 8.34. The maximum Gasteiger partial charge on any atom is 0.252 e. The molecule has 0 unspecified atom stereocenters. The summed E-state index contributed by atoms with van der Waals surface area (Å²) in [5.74, 6) is -0.0157. The standard InChI is InChI=1S/C16H25FN4O2S/c1-19-4-5-23-14(10-19)16(22)20(2)9-13-7-12(17)8-21(13)11-15-18-3-6-24-15/h3,6,12-14H,4-5,7-11H2,1-2H3/t12-,13-,14-/m0/s1. The summed E-state index contributed by atoms with van der Waals surface area (Å²) in [6.07, 6.45) is 0.984. The molecule has 6 nitrogen and oxygen atoms in total. The van der Waals surface area contributed by atoms with Gasteiger partial charge in [0.25, 0.3) is 5.91 Å². The minimum absolute atomic E-state index is 0.0157. The fourth-order valence-electron chi connectivity index (χ4n) is 3.39. The number of aromatic nitrogens is 1. The Labute approximate surface area is 146 Å². The molecule has 24 heavy (non-hydrogen) atoms. The molecule has 3 atom stereocenters. The van der Waals surface area contributed by atoms with Gasteiger partial charge in [-0.05, 0) is 13.5 Å². The predicted octanol–water partition coefficient (Wildman–Crippen LogP) is 0.845. The molecular weight excluding hydrogens is 331 g/mol. The van der Waals surface area contributed by atoms with Crippen LogP contribution in [-0.2, 0) is 16.1 Å². The van der Waals surface area contributed by atoms with Gasteiger partial charge in [-0.2, -0.15) is 0 Å². The third-order valence-electron chi connectivity index (χ3n) is 4.70. The summed E-state index contributed by atoms with van der Waals surface area (Å²) in [6.45, 7) is 3.62. The number of likely N-dealkylation sites (N-methyl/N-ethyl adjacent to an activating group) is 2. The molecule has 1 aromatic heterocycles. The smallest absolute Gasteiger partial charge is 0.252 e. The fourth-order valence-corrected chi connectivity index (χ4v) is 4.03. The first-order valence-corrected chi connectivity index (χ1v) is 9.22. The molecular formula is C16H25FN4O2S. The molecule has 2 aliphatic rings. The largest absolute Gasteiger partial charge is 0.366 e. The van der Waals surface area contributed by atoms with Gasteiger partial charge >= 0.3 is 0 Å². The molecule has 2 fully saturated rings. The molecule has 134 valence electrons. The van der Waals surface area contributed by atoms with Crippen LogP contribution in [0.2, 0.25) is 0 Å². The zero-order valence-electron chi connectivity index (χ0n) is 14.2. The molecule has 0 aliphatic carbocycles. The Morgan fingerprint density at radius 3 is 3.08 bits per heavy atom. The molecule has 0 N–H and O–H groups in total. The number of morpholine rings is 1. The Hall–Kier alpha value is -1.09. The van der Waals surface area contributed by atoms with E-state index in [9.17, 15) is 9.18 Å². The zero-order valence-corrected chi connectivity index (χ0v) is 15.0. The van der Waals surface area contributed by atoms with Gasteiger partial charge in [0.2, 0.25) is 0 Å². The predicted molar refractivity (Wildman–Crippen MR) is 90.7 cm³/mol. The SMILES string of the molecule is CN1CCO[C@H](C(=O)N(C)C[C@@H]2C[C@H](F)CN2Cc2nccs2)C1. The normalized spacial score (nSPS) is 29.0. The number of nitrogens with zero attached hydrogens (tertiary/aromatic N) is 4. The number of amides is 1. The lowest BCUT2D eigenvalue weighted by Crippen LogP contribution is -2.51. The summed E-state index contributed by atoms with van der Waals surface area (Å²) in [4.78, 5) is 22.8. The third kappa shape index (κ3) is 4.30. The first-order chi connectivity index (χ1) is 11.5. The first kappa shape index (κ1) is 17.7. The lowest BCUT2D eigenvalue weighted by molar-refractivity contribution is -0.148. The molecule has 0 radical (unpaired) electrons. The Morgan fingerprint density at radius 2 is 2.38 bits per heavy atom. The average molecular weight is 356 g/mol. The molecule has 0 spiro atoms. The number of rotatable bonds is 5. The number of thiazole rings is 1. The highest BCUT2D eigenvalue weighted by atomic mass is 32.1. The van der Waals surface area contributed by atoms with Crippen LogP contribution in [0.25, 0.3) is 0 Å². The van der Waals surface area contributed by atoms with Crippen molar-refractivity contribution in [1.82, 2.24) is 19.7 Å². The summed E-state index contributed by atoms with van der Waals surface area (Å²) in [7, 11) is 3.77. The van der Waals surface area contributed by atoms with E-state index in [-0.39, 0.29) is 11.9 Å². The van der Waals surface area contributed by atoms with Crippen molar-refractivity contribution in [3.63, 3.8) is 0 Å². The van der Waals surface area contributed by atoms with Crippen LogP contribution in [0, 0.1) is 0 Å². The number of hydrogen-bond acceptors (Lipinski definition) is 6. The quantitative estimate of drug-likeness (QED) is 0.783. The highest BCUT2D eigenvalue weighted by Crippen LogP contribution is 2.24. The number of alkyl halides is 1. The lowest BCUT2D eigenvalue weighted by atomic mass is 10.1. The van der Waals surface area contributed by atoms with Crippen molar-refractivity contribution >= 4 is 17.2 Å². The second-order valence-corrected chi connectivity index (χ2v) is 7.66. The van der Waals surface area contributed by atoms with Gasteiger partial charge < -0.3 is 14.5 Å². The van der Waals surface area contributed by atoms with Gasteiger partial charge in [0.05, 0.1) is 13.2 Å². The van der Waals surface area contributed by atoms with Crippen molar-refractivity contribution in [2.75, 3.05) is 46.9 Å². The number of likely N-dealkylation sites (tertiary alicyclic amines) is 1. The van der Waals surface area contributed by atoms with Crippen molar-refractivity contribution in [1.29, 1.82) is 0 Å². The molecule has 0 aromatic carbocycles. The van der Waals surface area contributed by atoms with Crippen LogP contribution in [0.1, 0.15) is 11.4 Å². The van der Waals surface area contributed by atoms with E-state index < -0.39 is 12.3 Å². The summed E-state index contributed by atoms with van der Waals surface area (Å²) < 4.78 is 19.5. The number of carbonyl (C=O) groups excluding carboxylic acids is 1. The van der Waals surface area contributed by atoms with Crippen molar-refractivity contribution in [3.05, 3.63) is 16.6 Å². The average Bonchev–Trinajstić information content (AvgIpc) is 3.17. The lowest BCUT2D eigenvalue weighted by Gasteiger charge is -2.33. The highest BCUT2D eigenvalue weighted by molar-refractivity contribution is 7.09. The van der Waals surface area contributed by atoms with Crippen molar-refractivity contribution < 1.29 is 13.9 Å². The second kappa shape index (κ2) is 7.86. The molecule has 1 amide bonds. The number of hydrogen-bond donors (Lipinski definition) is 0. The summed E-state index contributed by atoms with van der Waals surface area (Å²) in [5.41, 5.74) is 0. The van der Waals surface area contributed by atoms with Gasteiger partial charge in [-0.1, -0.05) is 0 Å². The summed E-state index contributed by atoms with van der Waals surface area (Å²) in [6, 6.07) is 0.0270. The Bertz CT molecular complexity index is 544. The van der Waals surface area contributed by atoms with Crippen LogP contribution in [0.5, 0.6) is 0 Å². The fraction of sp³-hybridized carbons (Fsp3) is 0.750. The number of carbonyl (C=O) groups is 1. The molecule has 0 bridgehead atoms. The van der Waals surface area contributed by atoms with Gasteiger partial charge in [0.15, 0.2) is 0 Å². The minimum atomic E-state index is -0.837. The van der Waals surface area contributed by atoms with Gasteiger partial charge in [0, 0.05) is 50.8 Å². The Balaban J connectivity index is 1.57. The van der Waals surface area contributed by atoms with Crippen LogP contribution in [-0.4, -0.2) is 90.8 Å². The van der Waals surface area contributed by atoms with E-state index in [0.717, 1.165) is 11.6 Å². The zero-order chi connectivity index (χ0) is 17.1. The number of halogens is 1. The maximum absolute atomic E-state index is 13.9. The van der Waals surface area contributed by atoms with Crippen molar-refractivity contribution in [3.8, 4) is 0 Å². The van der Waals surface area contributed by atoms with E-state index in [0.29, 0.717) is 39.2 Å². The molecule has 8 heteroatoms. The van der Waals surface area contributed by atoms with E-state index in [1.165, 1.54) is 0 Å². The Kier molecular flexibility index (Phi) is 5.80. The molecule has 3 heterocycles. The van der Waals surface area contributed by atoms with Gasteiger partial charge in [0.1, 0.15) is 17.3 Å². The van der Waals surface area contributed by atoms with E-state index >= 15 is 0 Å². The van der Waals surface area contributed by atoms with Crippen LogP contribution in [0.3, 0.4) is 0 Å². The molecule has 0 saturated carbocycles. The van der Waals surface area contributed by atoms with Crippen LogP contribution in [0.4, 0.5) is 4.39 Å². The molecule has 2 saturated heterocycles. The summed E-state index contributed by atoms with van der Waals surface area (Å²) >= 11 is 1.58. The van der Waals surface area contributed by atoms with E-state index in [2.05, 4.69) is 14.8 Å². The summed E-state index contributed by atoms with van der Waals surface area (Å²) in [5, 5.41) is 2.92. The van der Waals surface area contributed by atoms with E-state index in [4.69, 9.17) is 4.74 Å². The number of ether oxygens (including phenoxy) is 1. The van der Waals surface area contributed by atoms with Crippen molar-refractivity contribution in [2.24, 2.45) is 0 Å². The monoisotopic (exact) mass is 356 g/mol. The molecule has 2 aliphatic heterocycles. The van der Waals surface area contributed by atoms with Gasteiger partial charge in [-0.15, -0.1) is 11.3 Å². The maximum atomic E-state index is 13.9. The second-order valence-electron chi connectivity index (χ2n) is 6.68. The van der Waals surface area contributed by atoms with Gasteiger partial charge in [-0.25, -0.2) is 9.37 Å². The molecule has 3 rings (SSSR count). The third-order valence-corrected chi connectivity index (χ3v) is 5.47. The van der Waals surface area contributed by atoms with Crippen molar-refractivity contribution in [2.45, 2.75) is 31.3 Å². The van der Waals surface area contributed by atoms with Gasteiger partial charge in [-0.3, -0.25) is 9.69 Å². The van der Waals surface area contributed by atoms with Crippen LogP contribution >= 0.6 is 11.3 Å². The molecule has 1 aromatic rings. The minimum Gasteiger partial charge on any atom is -0.366 e.